The highest BCUT2D eigenvalue weighted by Gasteiger charge is 2.36. The fourth-order valence-corrected chi connectivity index (χ4v) is 2.84. The summed E-state index contributed by atoms with van der Waals surface area (Å²) in [6.07, 6.45) is 9.15. The summed E-state index contributed by atoms with van der Waals surface area (Å²) in [6, 6.07) is 0. The summed E-state index contributed by atoms with van der Waals surface area (Å²) in [5.41, 5.74) is 0. The molecule has 5 nitrogen and oxygen atoms in total. The van der Waals surface area contributed by atoms with Crippen molar-refractivity contribution in [2.24, 2.45) is 0 Å². The lowest BCUT2D eigenvalue weighted by Gasteiger charge is -2.35. The maximum Gasteiger partial charge on any atom is 0.137 e. The van der Waals surface area contributed by atoms with E-state index in [0.717, 1.165) is 13.0 Å². The molecule has 0 aromatic carbocycles. The molecule has 1 aliphatic rings. The van der Waals surface area contributed by atoms with Gasteiger partial charge in [0.05, 0.1) is 6.61 Å². The van der Waals surface area contributed by atoms with Gasteiger partial charge in [0, 0.05) is 0 Å². The Morgan fingerprint density at radius 2 is 1.36 bits per heavy atom. The van der Waals surface area contributed by atoms with Gasteiger partial charge in [0.25, 0.3) is 0 Å². The summed E-state index contributed by atoms with van der Waals surface area (Å²) in [6.45, 7) is 3.07. The zero-order valence-electron chi connectivity index (χ0n) is 14.0. The summed E-state index contributed by atoms with van der Waals surface area (Å²) in [4.78, 5) is 0. The molecule has 132 valence electrons. The summed E-state index contributed by atoms with van der Waals surface area (Å²) in [5.74, 6) is 0. The standard InChI is InChI=1S/C17H35NO4/c1-2-3-4-5-6-7-8-9-10-11-12-18-17-16(21)15(20)14(19)13-22-17/h14-21H,2-13H2,1H3/t14-,15-,16-,17?/m1/s1. The van der Waals surface area contributed by atoms with E-state index >= 15 is 0 Å². The molecular formula is C17H35NO4. The van der Waals surface area contributed by atoms with Crippen LogP contribution in [-0.2, 0) is 4.74 Å². The molecule has 1 saturated heterocycles. The van der Waals surface area contributed by atoms with E-state index in [0.29, 0.717) is 0 Å². The molecule has 0 aromatic rings. The maximum atomic E-state index is 9.77. The molecule has 1 aliphatic heterocycles. The zero-order chi connectivity index (χ0) is 16.2. The molecule has 1 heterocycles. The second kappa shape index (κ2) is 12.3. The molecule has 1 fully saturated rings. The van der Waals surface area contributed by atoms with Gasteiger partial charge in [-0.3, -0.25) is 5.32 Å². The molecule has 5 heteroatoms. The van der Waals surface area contributed by atoms with Crippen LogP contribution in [-0.4, -0.2) is 53.0 Å². The molecule has 4 N–H and O–H groups in total. The van der Waals surface area contributed by atoms with Crippen molar-refractivity contribution in [2.75, 3.05) is 13.2 Å². The van der Waals surface area contributed by atoms with Crippen LogP contribution in [0.1, 0.15) is 71.1 Å². The third-order valence-electron chi connectivity index (χ3n) is 4.38. The third-order valence-corrected chi connectivity index (χ3v) is 4.38. The van der Waals surface area contributed by atoms with E-state index in [4.69, 9.17) is 4.74 Å². The van der Waals surface area contributed by atoms with E-state index < -0.39 is 24.5 Å². The molecule has 0 aromatic heterocycles. The Bertz CT molecular complexity index is 265. The minimum absolute atomic E-state index is 0.0634. The summed E-state index contributed by atoms with van der Waals surface area (Å²) in [7, 11) is 0. The monoisotopic (exact) mass is 317 g/mol. The first-order chi connectivity index (χ1) is 10.7. The van der Waals surface area contributed by atoms with Crippen molar-refractivity contribution in [3.8, 4) is 0 Å². The van der Waals surface area contributed by atoms with Crippen LogP contribution in [0.25, 0.3) is 0 Å². The first-order valence-electron chi connectivity index (χ1n) is 9.06. The zero-order valence-corrected chi connectivity index (χ0v) is 14.0. The Hall–Kier alpha value is -0.200. The van der Waals surface area contributed by atoms with E-state index in [1.54, 1.807) is 0 Å². The lowest BCUT2D eigenvalue weighted by atomic mass is 10.0. The number of ether oxygens (including phenoxy) is 1. The molecule has 0 radical (unpaired) electrons. The van der Waals surface area contributed by atoms with Gasteiger partial charge in [-0.15, -0.1) is 0 Å². The second-order valence-electron chi connectivity index (χ2n) is 6.44. The van der Waals surface area contributed by atoms with E-state index in [1.165, 1.54) is 57.8 Å². The van der Waals surface area contributed by atoms with Crippen molar-refractivity contribution in [2.45, 2.75) is 95.7 Å². The van der Waals surface area contributed by atoms with Crippen molar-refractivity contribution in [3.63, 3.8) is 0 Å². The fraction of sp³-hybridized carbons (Fsp3) is 1.00. The largest absolute Gasteiger partial charge is 0.388 e. The van der Waals surface area contributed by atoms with Crippen LogP contribution >= 0.6 is 0 Å². The van der Waals surface area contributed by atoms with Gasteiger partial charge < -0.3 is 20.1 Å². The molecule has 1 unspecified atom stereocenters. The van der Waals surface area contributed by atoms with E-state index in [-0.39, 0.29) is 6.61 Å². The van der Waals surface area contributed by atoms with Crippen molar-refractivity contribution in [3.05, 3.63) is 0 Å². The topological polar surface area (TPSA) is 82.0 Å². The maximum absolute atomic E-state index is 9.77. The van der Waals surface area contributed by atoms with Gasteiger partial charge in [0.15, 0.2) is 0 Å². The first kappa shape index (κ1) is 19.8. The molecule has 0 spiro atoms. The van der Waals surface area contributed by atoms with Crippen LogP contribution in [0, 0.1) is 0 Å². The van der Waals surface area contributed by atoms with Gasteiger partial charge in [0.2, 0.25) is 0 Å². The smallest absolute Gasteiger partial charge is 0.137 e. The van der Waals surface area contributed by atoms with Gasteiger partial charge in [-0.1, -0.05) is 64.7 Å². The SMILES string of the molecule is CCCCCCCCCCCCNC1OC[C@@H](O)[C@@H](O)[C@H]1O. The van der Waals surface area contributed by atoms with Gasteiger partial charge >= 0.3 is 0 Å². The van der Waals surface area contributed by atoms with Crippen LogP contribution in [0.15, 0.2) is 0 Å². The van der Waals surface area contributed by atoms with Crippen LogP contribution in [0.2, 0.25) is 0 Å². The molecule has 0 aliphatic carbocycles. The molecule has 1 rings (SSSR count). The predicted molar refractivity (Wildman–Crippen MR) is 87.6 cm³/mol. The number of rotatable bonds is 12. The minimum atomic E-state index is -1.13. The Morgan fingerprint density at radius 1 is 0.818 bits per heavy atom. The van der Waals surface area contributed by atoms with Crippen LogP contribution in [0.5, 0.6) is 0 Å². The lowest BCUT2D eigenvalue weighted by molar-refractivity contribution is -0.195. The van der Waals surface area contributed by atoms with Gasteiger partial charge in [-0.25, -0.2) is 0 Å². The fourth-order valence-electron chi connectivity index (χ4n) is 2.84. The van der Waals surface area contributed by atoms with Crippen LogP contribution in [0.3, 0.4) is 0 Å². The van der Waals surface area contributed by atoms with Crippen molar-refractivity contribution >= 4 is 0 Å². The van der Waals surface area contributed by atoms with Gasteiger partial charge in [-0.05, 0) is 13.0 Å². The number of nitrogens with one attached hydrogen (secondary N) is 1. The van der Waals surface area contributed by atoms with E-state index in [2.05, 4.69) is 12.2 Å². The Kier molecular flexibility index (Phi) is 11.1. The molecular weight excluding hydrogens is 282 g/mol. The van der Waals surface area contributed by atoms with Gasteiger partial charge in [0.1, 0.15) is 24.5 Å². The predicted octanol–water partition coefficient (Wildman–Crippen LogP) is 1.94. The molecule has 4 atom stereocenters. The van der Waals surface area contributed by atoms with E-state index in [9.17, 15) is 15.3 Å². The number of aliphatic hydroxyl groups excluding tert-OH is 3. The molecule has 0 bridgehead atoms. The highest BCUT2D eigenvalue weighted by Crippen LogP contribution is 2.14. The number of hydrogen-bond donors (Lipinski definition) is 4. The Morgan fingerprint density at radius 3 is 1.95 bits per heavy atom. The third kappa shape index (κ3) is 7.88. The number of unbranched alkanes of at least 4 members (excludes halogenated alkanes) is 9. The highest BCUT2D eigenvalue weighted by molar-refractivity contribution is 4.85. The Balaban J connectivity index is 1.89. The van der Waals surface area contributed by atoms with Crippen molar-refractivity contribution in [1.82, 2.24) is 5.32 Å². The average Bonchev–Trinajstić information content (AvgIpc) is 2.52. The quantitative estimate of drug-likeness (QED) is 0.414. The van der Waals surface area contributed by atoms with Crippen LogP contribution < -0.4 is 5.32 Å². The van der Waals surface area contributed by atoms with E-state index in [1.807, 2.05) is 0 Å². The summed E-state index contributed by atoms with van der Waals surface area (Å²) in [5, 5.41) is 31.8. The van der Waals surface area contributed by atoms with Gasteiger partial charge in [-0.2, -0.15) is 0 Å². The number of hydrogen-bond acceptors (Lipinski definition) is 5. The first-order valence-corrected chi connectivity index (χ1v) is 9.06. The summed E-state index contributed by atoms with van der Waals surface area (Å²) < 4.78 is 5.29. The second-order valence-corrected chi connectivity index (χ2v) is 6.44. The average molecular weight is 317 g/mol. The van der Waals surface area contributed by atoms with Crippen molar-refractivity contribution < 1.29 is 20.1 Å². The minimum Gasteiger partial charge on any atom is -0.388 e. The molecule has 0 amide bonds. The summed E-state index contributed by atoms with van der Waals surface area (Å²) >= 11 is 0. The lowest BCUT2D eigenvalue weighted by Crippen LogP contribution is -2.57. The molecule has 22 heavy (non-hydrogen) atoms. The van der Waals surface area contributed by atoms with Crippen LogP contribution in [0.4, 0.5) is 0 Å². The normalized spacial score (nSPS) is 28.9. The van der Waals surface area contributed by atoms with Crippen molar-refractivity contribution in [1.29, 1.82) is 0 Å². The molecule has 0 saturated carbocycles. The Labute approximate surface area is 135 Å². The highest BCUT2D eigenvalue weighted by atomic mass is 16.5. The number of aliphatic hydroxyl groups is 3.